The van der Waals surface area contributed by atoms with Crippen LogP contribution in [0.1, 0.15) is 22.3 Å². The van der Waals surface area contributed by atoms with Gasteiger partial charge in [0.1, 0.15) is 0 Å². The molecule has 0 saturated heterocycles. The van der Waals surface area contributed by atoms with Crippen LogP contribution in [0.2, 0.25) is 0 Å². The fraction of sp³-hybridized carbons (Fsp3) is 0.0244. The van der Waals surface area contributed by atoms with Gasteiger partial charge in [-0.3, -0.25) is 0 Å². The number of fused-ring (bicyclic) bond motifs is 14. The summed E-state index contributed by atoms with van der Waals surface area (Å²) in [4.78, 5) is 2.65. The molecule has 1 nitrogen and oxygen atoms in total. The molecule has 2 heteroatoms. The number of hydrogen-bond donors (Lipinski definition) is 0. The van der Waals surface area contributed by atoms with Crippen molar-refractivity contribution in [1.29, 1.82) is 0 Å². The highest BCUT2D eigenvalue weighted by atomic mass is 32.2. The van der Waals surface area contributed by atoms with Gasteiger partial charge in [-0.05, 0) is 69.1 Å². The molecular formula is C41H25NS. The van der Waals surface area contributed by atoms with Gasteiger partial charge in [-0.1, -0.05) is 133 Å². The van der Waals surface area contributed by atoms with Gasteiger partial charge in [0.25, 0.3) is 0 Å². The Balaban J connectivity index is 1.41. The minimum absolute atomic E-state index is 0.378. The van der Waals surface area contributed by atoms with Crippen LogP contribution in [0.15, 0.2) is 161 Å². The normalized spacial score (nSPS) is 14.1. The van der Waals surface area contributed by atoms with Crippen LogP contribution in [0.4, 0.5) is 0 Å². The lowest BCUT2D eigenvalue weighted by Crippen LogP contribution is -2.31. The van der Waals surface area contributed by atoms with Crippen molar-refractivity contribution in [3.05, 3.63) is 174 Å². The summed E-state index contributed by atoms with van der Waals surface area (Å²) in [5.74, 6) is 0. The number of benzene rings is 7. The molecule has 0 unspecified atom stereocenters. The minimum atomic E-state index is -0.378. The Kier molecular flexibility index (Phi) is 4.65. The van der Waals surface area contributed by atoms with Crippen molar-refractivity contribution in [1.82, 2.24) is 4.57 Å². The van der Waals surface area contributed by atoms with Gasteiger partial charge in [0.2, 0.25) is 0 Å². The average Bonchev–Trinajstić information content (AvgIpc) is 3.55. The summed E-state index contributed by atoms with van der Waals surface area (Å²) in [6.07, 6.45) is 0. The first-order valence-corrected chi connectivity index (χ1v) is 15.7. The molecule has 0 saturated carbocycles. The second-order valence-corrected chi connectivity index (χ2v) is 12.7. The average molecular weight is 564 g/mol. The van der Waals surface area contributed by atoms with Gasteiger partial charge in [0.05, 0.1) is 16.4 Å². The van der Waals surface area contributed by atoms with Crippen molar-refractivity contribution in [3.63, 3.8) is 0 Å². The van der Waals surface area contributed by atoms with Crippen molar-refractivity contribution in [3.8, 4) is 16.8 Å². The Morgan fingerprint density at radius 3 is 1.88 bits per heavy atom. The molecule has 0 fully saturated rings. The molecule has 0 N–H and O–H groups in total. The summed E-state index contributed by atoms with van der Waals surface area (Å²) < 4.78 is 2.48. The molecule has 43 heavy (non-hydrogen) atoms. The molecule has 200 valence electrons. The monoisotopic (exact) mass is 563 g/mol. The zero-order valence-electron chi connectivity index (χ0n) is 23.3. The Labute approximate surface area is 254 Å². The number of para-hydroxylation sites is 1. The first-order chi connectivity index (χ1) is 21.3. The van der Waals surface area contributed by atoms with E-state index in [4.69, 9.17) is 0 Å². The van der Waals surface area contributed by atoms with Gasteiger partial charge in [-0.2, -0.15) is 0 Å². The highest BCUT2D eigenvalue weighted by Gasteiger charge is 2.50. The van der Waals surface area contributed by atoms with Gasteiger partial charge < -0.3 is 4.57 Å². The van der Waals surface area contributed by atoms with Crippen molar-refractivity contribution >= 4 is 44.3 Å². The van der Waals surface area contributed by atoms with Crippen molar-refractivity contribution < 1.29 is 0 Å². The number of nitrogens with zero attached hydrogens (tertiary/aromatic N) is 1. The van der Waals surface area contributed by atoms with Crippen LogP contribution in [0.3, 0.4) is 0 Å². The number of rotatable bonds is 1. The molecule has 0 bridgehead atoms. The lowest BCUT2D eigenvalue weighted by atomic mass is 9.67. The van der Waals surface area contributed by atoms with E-state index in [1.807, 2.05) is 11.8 Å². The molecule has 1 aliphatic heterocycles. The van der Waals surface area contributed by atoms with Crippen LogP contribution in [-0.4, -0.2) is 4.57 Å². The van der Waals surface area contributed by atoms with E-state index in [0.717, 1.165) is 0 Å². The molecule has 1 aromatic heterocycles. The molecule has 2 aliphatic rings. The van der Waals surface area contributed by atoms with Crippen molar-refractivity contribution in [2.75, 3.05) is 0 Å². The van der Waals surface area contributed by atoms with Gasteiger partial charge in [0, 0.05) is 31.6 Å². The van der Waals surface area contributed by atoms with E-state index < -0.39 is 0 Å². The van der Waals surface area contributed by atoms with Gasteiger partial charge in [-0.25, -0.2) is 0 Å². The standard InChI is InChI=1S/C41H25NS/c1-2-13-27(14-3-1)42-37-25-39-36(24-32(37)31-23-22-26-12-4-5-15-28(26)40(31)42)41(35-20-10-11-21-38(35)43-39)33-18-8-6-16-29(33)30-17-7-9-19-34(30)41/h1-25H. The lowest BCUT2D eigenvalue weighted by molar-refractivity contribution is 0.724. The molecule has 0 atom stereocenters. The first-order valence-electron chi connectivity index (χ1n) is 14.9. The van der Waals surface area contributed by atoms with Gasteiger partial charge in [-0.15, -0.1) is 0 Å². The largest absolute Gasteiger partial charge is 0.309 e. The second kappa shape index (κ2) is 8.50. The highest BCUT2D eigenvalue weighted by molar-refractivity contribution is 7.99. The van der Waals surface area contributed by atoms with E-state index >= 15 is 0 Å². The SMILES string of the molecule is c1ccc(-n2c3cc4c(cc3c3ccc5ccccc5c32)C2(c3ccccc3S4)c3ccccc3-c3ccccc32)cc1. The molecule has 8 aromatic rings. The van der Waals surface area contributed by atoms with Crippen molar-refractivity contribution in [2.45, 2.75) is 15.2 Å². The second-order valence-electron chi connectivity index (χ2n) is 11.7. The molecule has 10 rings (SSSR count). The molecule has 0 amide bonds. The zero-order valence-corrected chi connectivity index (χ0v) is 24.1. The summed E-state index contributed by atoms with van der Waals surface area (Å²) in [7, 11) is 0. The van der Waals surface area contributed by atoms with Gasteiger partial charge >= 0.3 is 0 Å². The summed E-state index contributed by atoms with van der Waals surface area (Å²) >= 11 is 1.91. The Morgan fingerprint density at radius 2 is 1.09 bits per heavy atom. The maximum Gasteiger partial charge on any atom is 0.0735 e. The Morgan fingerprint density at radius 1 is 0.442 bits per heavy atom. The molecule has 1 aliphatic carbocycles. The third-order valence-corrected chi connectivity index (χ3v) is 10.8. The van der Waals surface area contributed by atoms with Crippen molar-refractivity contribution in [2.24, 2.45) is 0 Å². The Hall–Kier alpha value is -5.05. The smallest absolute Gasteiger partial charge is 0.0735 e. The summed E-state index contributed by atoms with van der Waals surface area (Å²) in [5, 5.41) is 5.13. The van der Waals surface area contributed by atoms with E-state index in [-0.39, 0.29) is 5.41 Å². The summed E-state index contributed by atoms with van der Waals surface area (Å²) in [6.45, 7) is 0. The van der Waals surface area contributed by atoms with Crippen LogP contribution in [0, 0.1) is 0 Å². The fourth-order valence-electron chi connectivity index (χ4n) is 7.97. The van der Waals surface area contributed by atoms with E-state index in [1.54, 1.807) is 0 Å². The zero-order chi connectivity index (χ0) is 28.1. The van der Waals surface area contributed by atoms with Crippen LogP contribution in [-0.2, 0) is 5.41 Å². The molecular weight excluding hydrogens is 539 g/mol. The summed E-state index contributed by atoms with van der Waals surface area (Å²) in [6, 6.07) is 56.4. The van der Waals surface area contributed by atoms with E-state index in [9.17, 15) is 0 Å². The maximum absolute atomic E-state index is 2.53. The summed E-state index contributed by atoms with van der Waals surface area (Å²) in [5.41, 5.74) is 11.5. The molecule has 7 aromatic carbocycles. The van der Waals surface area contributed by atoms with E-state index in [0.29, 0.717) is 0 Å². The predicted octanol–water partition coefficient (Wildman–Crippen LogP) is 10.8. The van der Waals surface area contributed by atoms with Crippen LogP contribution in [0.5, 0.6) is 0 Å². The van der Waals surface area contributed by atoms with E-state index in [1.165, 1.54) is 81.4 Å². The first kappa shape index (κ1) is 23.5. The molecule has 2 heterocycles. The quantitative estimate of drug-likeness (QED) is 0.192. The van der Waals surface area contributed by atoms with Crippen LogP contribution >= 0.6 is 11.8 Å². The van der Waals surface area contributed by atoms with E-state index in [2.05, 4.69) is 156 Å². The minimum Gasteiger partial charge on any atom is -0.309 e. The molecule has 0 radical (unpaired) electrons. The third kappa shape index (κ3) is 2.94. The van der Waals surface area contributed by atoms with Gasteiger partial charge in [0.15, 0.2) is 0 Å². The lowest BCUT2D eigenvalue weighted by Gasteiger charge is -2.39. The number of aromatic nitrogens is 1. The predicted molar refractivity (Wildman–Crippen MR) is 180 cm³/mol. The van der Waals surface area contributed by atoms with Crippen LogP contribution < -0.4 is 0 Å². The Bertz CT molecular complexity index is 2390. The molecule has 1 spiro atoms. The number of hydrogen-bond acceptors (Lipinski definition) is 1. The highest BCUT2D eigenvalue weighted by Crippen LogP contribution is 2.62. The van der Waals surface area contributed by atoms with Crippen LogP contribution in [0.25, 0.3) is 49.4 Å². The topological polar surface area (TPSA) is 4.93 Å². The third-order valence-electron chi connectivity index (χ3n) is 9.63. The maximum atomic E-state index is 2.53. The fourth-order valence-corrected chi connectivity index (χ4v) is 9.18.